The first-order valence-corrected chi connectivity index (χ1v) is 31.0. The van der Waals surface area contributed by atoms with Crippen LogP contribution in [0.2, 0.25) is 0 Å². The molecule has 0 saturated carbocycles. The van der Waals surface area contributed by atoms with Gasteiger partial charge < -0.3 is 14.2 Å². The molecular formula is C69H114O6. The second-order valence-electron chi connectivity index (χ2n) is 20.2. The fourth-order valence-corrected chi connectivity index (χ4v) is 8.32. The fraction of sp³-hybridized carbons (Fsp3) is 0.667. The van der Waals surface area contributed by atoms with Crippen LogP contribution >= 0.6 is 0 Å². The smallest absolute Gasteiger partial charge is 0.306 e. The summed E-state index contributed by atoms with van der Waals surface area (Å²) < 4.78 is 16.9. The summed E-state index contributed by atoms with van der Waals surface area (Å²) in [6.07, 6.45) is 86.3. The number of hydrogen-bond donors (Lipinski definition) is 0. The average molecular weight is 1040 g/mol. The second kappa shape index (κ2) is 62.4. The number of rotatable bonds is 55. The van der Waals surface area contributed by atoms with Gasteiger partial charge in [0, 0.05) is 19.3 Å². The van der Waals surface area contributed by atoms with E-state index in [1.165, 1.54) is 96.3 Å². The molecule has 0 spiro atoms. The number of unbranched alkanes of at least 4 members (excludes halogenated alkanes) is 24. The molecule has 0 radical (unpaired) electrons. The lowest BCUT2D eigenvalue weighted by atomic mass is 10.0. The molecule has 0 heterocycles. The van der Waals surface area contributed by atoms with Gasteiger partial charge in [0.15, 0.2) is 6.10 Å². The van der Waals surface area contributed by atoms with Gasteiger partial charge in [0.1, 0.15) is 13.2 Å². The zero-order chi connectivity index (χ0) is 54.3. The molecule has 0 aliphatic rings. The highest BCUT2D eigenvalue weighted by molar-refractivity contribution is 5.71. The molecule has 0 aromatic carbocycles. The molecule has 0 rings (SSSR count). The molecule has 0 fully saturated rings. The minimum Gasteiger partial charge on any atom is -0.462 e. The SMILES string of the molecule is CC/C=C\C/C=C\C/C=C\C/C=C\C/C=C\C/C=C\C/C=C\C/C=C\CCCCC(=O)OCC(COC(=O)CCCCCCC/C=C\C/C=C\CCC)OC(=O)CCCCCCCCCCCCCCCCCCC. The van der Waals surface area contributed by atoms with E-state index < -0.39 is 6.10 Å². The lowest BCUT2D eigenvalue weighted by molar-refractivity contribution is -0.167. The van der Waals surface area contributed by atoms with Crippen LogP contribution in [0.3, 0.4) is 0 Å². The zero-order valence-corrected chi connectivity index (χ0v) is 48.8. The van der Waals surface area contributed by atoms with E-state index in [9.17, 15) is 14.4 Å². The van der Waals surface area contributed by atoms with Gasteiger partial charge in [-0.15, -0.1) is 0 Å². The van der Waals surface area contributed by atoms with Gasteiger partial charge in [-0.25, -0.2) is 0 Å². The number of allylic oxidation sites excluding steroid dienone is 20. The summed E-state index contributed by atoms with van der Waals surface area (Å²) in [4.78, 5) is 38.2. The molecule has 0 N–H and O–H groups in total. The van der Waals surface area contributed by atoms with Crippen LogP contribution in [0.25, 0.3) is 0 Å². The maximum atomic E-state index is 12.9. The first kappa shape index (κ1) is 70.8. The van der Waals surface area contributed by atoms with Gasteiger partial charge in [-0.05, 0) is 109 Å². The normalized spacial score (nSPS) is 12.9. The highest BCUT2D eigenvalue weighted by Crippen LogP contribution is 2.16. The van der Waals surface area contributed by atoms with E-state index in [1.54, 1.807) is 0 Å². The molecule has 0 aliphatic heterocycles. The van der Waals surface area contributed by atoms with Crippen molar-refractivity contribution in [2.75, 3.05) is 13.2 Å². The quantitative estimate of drug-likeness (QED) is 0.0261. The zero-order valence-electron chi connectivity index (χ0n) is 48.8. The molecule has 0 aromatic heterocycles. The predicted molar refractivity (Wildman–Crippen MR) is 325 cm³/mol. The van der Waals surface area contributed by atoms with Crippen LogP contribution in [0.1, 0.15) is 278 Å². The summed E-state index contributed by atoms with van der Waals surface area (Å²) in [5, 5.41) is 0. The molecule has 75 heavy (non-hydrogen) atoms. The minimum atomic E-state index is -0.804. The van der Waals surface area contributed by atoms with Crippen molar-refractivity contribution in [2.45, 2.75) is 284 Å². The Bertz CT molecular complexity index is 1570. The third kappa shape index (κ3) is 60.6. The van der Waals surface area contributed by atoms with Gasteiger partial charge in [-0.3, -0.25) is 14.4 Å². The second-order valence-corrected chi connectivity index (χ2v) is 20.2. The fourth-order valence-electron chi connectivity index (χ4n) is 8.32. The molecular weight excluding hydrogens is 925 g/mol. The van der Waals surface area contributed by atoms with Crippen LogP contribution in [0.4, 0.5) is 0 Å². The topological polar surface area (TPSA) is 78.9 Å². The van der Waals surface area contributed by atoms with E-state index in [0.717, 1.165) is 135 Å². The summed E-state index contributed by atoms with van der Waals surface area (Å²) >= 11 is 0. The van der Waals surface area contributed by atoms with E-state index in [0.29, 0.717) is 25.7 Å². The maximum absolute atomic E-state index is 12.9. The number of carbonyl (C=O) groups excluding carboxylic acids is 3. The number of carbonyl (C=O) groups is 3. The third-order valence-electron chi connectivity index (χ3n) is 12.9. The monoisotopic (exact) mass is 1040 g/mol. The van der Waals surface area contributed by atoms with Crippen LogP contribution in [0.15, 0.2) is 122 Å². The van der Waals surface area contributed by atoms with Crippen molar-refractivity contribution in [3.63, 3.8) is 0 Å². The molecule has 6 heteroatoms. The highest BCUT2D eigenvalue weighted by Gasteiger charge is 2.19. The molecule has 6 nitrogen and oxygen atoms in total. The Hall–Kier alpha value is -4.19. The van der Waals surface area contributed by atoms with Gasteiger partial charge in [0.25, 0.3) is 0 Å². The van der Waals surface area contributed by atoms with E-state index >= 15 is 0 Å². The first-order chi connectivity index (χ1) is 37.0. The predicted octanol–water partition coefficient (Wildman–Crippen LogP) is 21.2. The third-order valence-corrected chi connectivity index (χ3v) is 12.9. The van der Waals surface area contributed by atoms with Crippen LogP contribution in [0.5, 0.6) is 0 Å². The molecule has 1 atom stereocenters. The van der Waals surface area contributed by atoms with Crippen LogP contribution in [-0.2, 0) is 28.6 Å². The van der Waals surface area contributed by atoms with Crippen LogP contribution in [-0.4, -0.2) is 37.2 Å². The largest absolute Gasteiger partial charge is 0.462 e. The van der Waals surface area contributed by atoms with Crippen molar-refractivity contribution in [3.05, 3.63) is 122 Å². The van der Waals surface area contributed by atoms with E-state index in [2.05, 4.69) is 142 Å². The molecule has 0 aliphatic carbocycles. The summed E-state index contributed by atoms with van der Waals surface area (Å²) in [5.74, 6) is -0.953. The van der Waals surface area contributed by atoms with Crippen molar-refractivity contribution in [2.24, 2.45) is 0 Å². The Morgan fingerprint density at radius 1 is 0.280 bits per heavy atom. The van der Waals surface area contributed by atoms with Gasteiger partial charge in [0.2, 0.25) is 0 Å². The van der Waals surface area contributed by atoms with Gasteiger partial charge in [0.05, 0.1) is 0 Å². The van der Waals surface area contributed by atoms with Crippen molar-refractivity contribution >= 4 is 17.9 Å². The number of ether oxygens (including phenoxy) is 3. The van der Waals surface area contributed by atoms with Crippen molar-refractivity contribution < 1.29 is 28.6 Å². The van der Waals surface area contributed by atoms with E-state index in [-0.39, 0.29) is 31.1 Å². The lowest BCUT2D eigenvalue weighted by Gasteiger charge is -2.18. The molecule has 0 saturated heterocycles. The van der Waals surface area contributed by atoms with Gasteiger partial charge in [-0.2, -0.15) is 0 Å². The van der Waals surface area contributed by atoms with Gasteiger partial charge in [-0.1, -0.05) is 271 Å². The summed E-state index contributed by atoms with van der Waals surface area (Å²) in [6, 6.07) is 0. The number of hydrogen-bond acceptors (Lipinski definition) is 6. The summed E-state index contributed by atoms with van der Waals surface area (Å²) in [5.41, 5.74) is 0. The lowest BCUT2D eigenvalue weighted by Crippen LogP contribution is -2.30. The van der Waals surface area contributed by atoms with Crippen molar-refractivity contribution in [3.8, 4) is 0 Å². The molecule has 0 aromatic rings. The van der Waals surface area contributed by atoms with Gasteiger partial charge >= 0.3 is 17.9 Å². The molecule has 1 unspecified atom stereocenters. The molecule has 0 bridgehead atoms. The average Bonchev–Trinajstić information content (AvgIpc) is 3.41. The van der Waals surface area contributed by atoms with E-state index in [1.807, 2.05) is 0 Å². The number of esters is 3. The van der Waals surface area contributed by atoms with Crippen LogP contribution < -0.4 is 0 Å². The first-order valence-electron chi connectivity index (χ1n) is 31.0. The standard InChI is InChI=1S/C69H114O6/c1-4-7-10-13-16-19-22-25-27-29-30-31-32-33-34-35-36-37-38-40-41-44-47-50-53-56-59-62-68(71)74-65-66(64-73-67(70)61-58-55-52-49-46-43-24-21-18-15-12-9-6-3)75-69(72)63-60-57-54-51-48-45-42-39-28-26-23-20-17-14-11-8-5-2/h7,10,12,15-16,19,21,24-25,27,30-31,33-34,36-37,40-41,47,50,66H,4-6,8-9,11,13-14,17-18,20,22-23,26,28-29,32,35,38-39,42-46,48-49,51-65H2,1-3H3/b10-7-,15-12-,19-16-,24-21-,27-25-,31-30-,34-33-,37-36-,41-40-,50-47-. The Morgan fingerprint density at radius 2 is 0.547 bits per heavy atom. The van der Waals surface area contributed by atoms with Crippen molar-refractivity contribution in [1.29, 1.82) is 0 Å². The summed E-state index contributed by atoms with van der Waals surface area (Å²) in [6.45, 7) is 6.43. The van der Waals surface area contributed by atoms with Crippen LogP contribution in [0, 0.1) is 0 Å². The Labute approximate surface area is 462 Å². The molecule has 0 amide bonds. The maximum Gasteiger partial charge on any atom is 0.306 e. The Balaban J connectivity index is 4.43. The highest BCUT2D eigenvalue weighted by atomic mass is 16.6. The minimum absolute atomic E-state index is 0.0997. The van der Waals surface area contributed by atoms with E-state index in [4.69, 9.17) is 14.2 Å². The Morgan fingerprint density at radius 3 is 0.893 bits per heavy atom. The molecule has 426 valence electrons. The van der Waals surface area contributed by atoms with Crippen molar-refractivity contribution in [1.82, 2.24) is 0 Å². The summed E-state index contributed by atoms with van der Waals surface area (Å²) in [7, 11) is 0. The Kier molecular flexibility index (Phi) is 58.9.